The van der Waals surface area contributed by atoms with E-state index < -0.39 is 6.10 Å². The fraction of sp³-hybridized carbons (Fsp3) is 1.00. The van der Waals surface area contributed by atoms with E-state index in [1.165, 1.54) is 0 Å². The molecule has 1 fully saturated rings. The lowest BCUT2D eigenvalue weighted by Crippen LogP contribution is -2.35. The highest BCUT2D eigenvalue weighted by Gasteiger charge is 2.29. The Labute approximate surface area is 72.2 Å². The predicted molar refractivity (Wildman–Crippen MR) is 44.7 cm³/mol. The summed E-state index contributed by atoms with van der Waals surface area (Å²) < 4.78 is 0. The molecule has 0 saturated heterocycles. The molecule has 0 amide bonds. The highest BCUT2D eigenvalue weighted by Crippen LogP contribution is 2.32. The topological polar surface area (TPSA) is 72.7 Å². The van der Waals surface area contributed by atoms with Crippen molar-refractivity contribution in [1.82, 2.24) is 5.32 Å². The molecule has 1 aliphatic rings. The van der Waals surface area contributed by atoms with Crippen molar-refractivity contribution in [2.45, 2.75) is 25.0 Å². The molecular weight excluding hydrogens is 158 g/mol. The first kappa shape index (κ1) is 9.92. The molecular formula is C8H17NO3. The molecule has 4 N–H and O–H groups in total. The maximum atomic E-state index is 9.37. The molecule has 0 aliphatic heterocycles. The van der Waals surface area contributed by atoms with Crippen LogP contribution in [0.5, 0.6) is 0 Å². The van der Waals surface area contributed by atoms with Gasteiger partial charge in [0.2, 0.25) is 0 Å². The standard InChI is InChI=1S/C8H17NO3/c10-5-7(11)3-9-4-8(12)6-1-2-6/h6-12H,1-5H2/t7-,8?/m0/s1. The van der Waals surface area contributed by atoms with E-state index in [9.17, 15) is 5.11 Å². The summed E-state index contributed by atoms with van der Waals surface area (Å²) in [6.45, 7) is 0.633. The molecule has 12 heavy (non-hydrogen) atoms. The first-order chi connectivity index (χ1) is 5.74. The third kappa shape index (κ3) is 3.49. The Balaban J connectivity index is 1.93. The number of aliphatic hydroxyl groups excluding tert-OH is 3. The Hall–Kier alpha value is -0.160. The van der Waals surface area contributed by atoms with Gasteiger partial charge in [-0.1, -0.05) is 0 Å². The van der Waals surface area contributed by atoms with Gasteiger partial charge in [-0.15, -0.1) is 0 Å². The third-order valence-corrected chi connectivity index (χ3v) is 2.11. The lowest BCUT2D eigenvalue weighted by Gasteiger charge is -2.12. The van der Waals surface area contributed by atoms with Gasteiger partial charge in [-0.2, -0.15) is 0 Å². The molecule has 0 aromatic carbocycles. The zero-order valence-electron chi connectivity index (χ0n) is 7.11. The minimum absolute atomic E-state index is 0.230. The molecule has 2 atom stereocenters. The zero-order valence-corrected chi connectivity index (χ0v) is 7.11. The summed E-state index contributed by atoms with van der Waals surface area (Å²) in [5.74, 6) is 0.462. The number of rotatable bonds is 6. The second-order valence-electron chi connectivity index (χ2n) is 3.40. The van der Waals surface area contributed by atoms with Gasteiger partial charge in [0.25, 0.3) is 0 Å². The largest absolute Gasteiger partial charge is 0.394 e. The van der Waals surface area contributed by atoms with Crippen LogP contribution < -0.4 is 5.32 Å². The normalized spacial score (nSPS) is 22.2. The molecule has 0 bridgehead atoms. The van der Waals surface area contributed by atoms with Crippen LogP contribution in [-0.4, -0.2) is 47.2 Å². The predicted octanol–water partition coefficient (Wildman–Crippen LogP) is -1.30. The van der Waals surface area contributed by atoms with Gasteiger partial charge in [-0.25, -0.2) is 0 Å². The van der Waals surface area contributed by atoms with E-state index in [0.29, 0.717) is 19.0 Å². The van der Waals surface area contributed by atoms with Gasteiger partial charge < -0.3 is 20.6 Å². The Morgan fingerprint density at radius 2 is 1.92 bits per heavy atom. The van der Waals surface area contributed by atoms with Crippen LogP contribution in [0.25, 0.3) is 0 Å². The van der Waals surface area contributed by atoms with Crippen molar-refractivity contribution in [3.05, 3.63) is 0 Å². The van der Waals surface area contributed by atoms with E-state index in [1.54, 1.807) is 0 Å². The fourth-order valence-corrected chi connectivity index (χ4v) is 1.11. The Bertz CT molecular complexity index is 127. The van der Waals surface area contributed by atoms with Crippen LogP contribution in [0.15, 0.2) is 0 Å². The summed E-state index contributed by atoms with van der Waals surface area (Å²) in [4.78, 5) is 0. The second kappa shape index (κ2) is 4.77. The number of hydrogen-bond acceptors (Lipinski definition) is 4. The quantitative estimate of drug-likeness (QED) is 0.405. The highest BCUT2D eigenvalue weighted by molar-refractivity contribution is 4.82. The van der Waals surface area contributed by atoms with Gasteiger partial charge in [-0.3, -0.25) is 0 Å². The molecule has 0 aromatic heterocycles. The average Bonchev–Trinajstić information content (AvgIpc) is 2.86. The van der Waals surface area contributed by atoms with E-state index >= 15 is 0 Å². The smallest absolute Gasteiger partial charge is 0.0894 e. The first-order valence-corrected chi connectivity index (χ1v) is 4.41. The summed E-state index contributed by atoms with van der Waals surface area (Å²) in [7, 11) is 0. The molecule has 0 spiro atoms. The molecule has 1 aliphatic carbocycles. The van der Waals surface area contributed by atoms with Gasteiger partial charge >= 0.3 is 0 Å². The molecule has 1 saturated carbocycles. The summed E-state index contributed by atoms with van der Waals surface area (Å²) in [6.07, 6.45) is 1.24. The van der Waals surface area contributed by atoms with Crippen LogP contribution in [0, 0.1) is 5.92 Å². The molecule has 72 valence electrons. The summed E-state index contributed by atoms with van der Waals surface area (Å²) in [6, 6.07) is 0. The van der Waals surface area contributed by atoms with Gasteiger partial charge in [0, 0.05) is 13.1 Å². The average molecular weight is 175 g/mol. The lowest BCUT2D eigenvalue weighted by molar-refractivity contribution is 0.0869. The first-order valence-electron chi connectivity index (χ1n) is 4.41. The molecule has 0 aromatic rings. The van der Waals surface area contributed by atoms with Crippen LogP contribution >= 0.6 is 0 Å². The molecule has 1 rings (SSSR count). The molecule has 4 heteroatoms. The van der Waals surface area contributed by atoms with Crippen molar-refractivity contribution >= 4 is 0 Å². The minimum Gasteiger partial charge on any atom is -0.394 e. The third-order valence-electron chi connectivity index (χ3n) is 2.11. The highest BCUT2D eigenvalue weighted by atomic mass is 16.3. The summed E-state index contributed by atoms with van der Waals surface area (Å²) >= 11 is 0. The van der Waals surface area contributed by atoms with Crippen molar-refractivity contribution in [1.29, 1.82) is 0 Å². The lowest BCUT2D eigenvalue weighted by atomic mass is 10.2. The van der Waals surface area contributed by atoms with Gasteiger partial charge in [0.15, 0.2) is 0 Å². The monoisotopic (exact) mass is 175 g/mol. The summed E-state index contributed by atoms with van der Waals surface area (Å²) in [5.41, 5.74) is 0. The second-order valence-corrected chi connectivity index (χ2v) is 3.40. The van der Waals surface area contributed by atoms with E-state index in [1.807, 2.05) is 0 Å². The van der Waals surface area contributed by atoms with Crippen LogP contribution in [0.4, 0.5) is 0 Å². The van der Waals surface area contributed by atoms with Crippen LogP contribution in [0.2, 0.25) is 0 Å². The van der Waals surface area contributed by atoms with E-state index in [4.69, 9.17) is 10.2 Å². The van der Waals surface area contributed by atoms with Crippen LogP contribution in [0.3, 0.4) is 0 Å². The maximum Gasteiger partial charge on any atom is 0.0894 e. The van der Waals surface area contributed by atoms with Crippen LogP contribution in [0.1, 0.15) is 12.8 Å². The Kier molecular flexibility index (Phi) is 3.94. The van der Waals surface area contributed by atoms with Crippen molar-refractivity contribution in [3.63, 3.8) is 0 Å². The van der Waals surface area contributed by atoms with Crippen molar-refractivity contribution in [2.24, 2.45) is 5.92 Å². The number of aliphatic hydroxyl groups is 3. The molecule has 4 nitrogen and oxygen atoms in total. The van der Waals surface area contributed by atoms with Crippen molar-refractivity contribution < 1.29 is 15.3 Å². The number of hydrogen-bond donors (Lipinski definition) is 4. The fourth-order valence-electron chi connectivity index (χ4n) is 1.11. The molecule has 1 unspecified atom stereocenters. The Morgan fingerprint density at radius 3 is 2.42 bits per heavy atom. The minimum atomic E-state index is -0.712. The maximum absolute atomic E-state index is 9.37. The number of nitrogens with one attached hydrogen (secondary N) is 1. The Morgan fingerprint density at radius 1 is 1.25 bits per heavy atom. The van der Waals surface area contributed by atoms with Gasteiger partial charge in [0.05, 0.1) is 18.8 Å². The summed E-state index contributed by atoms with van der Waals surface area (Å²) in [5, 5.41) is 29.7. The SMILES string of the molecule is OC[C@@H](O)CNCC(O)C1CC1. The molecule has 0 heterocycles. The van der Waals surface area contributed by atoms with Gasteiger partial charge in [-0.05, 0) is 18.8 Å². The van der Waals surface area contributed by atoms with Gasteiger partial charge in [0.1, 0.15) is 0 Å². The zero-order chi connectivity index (χ0) is 8.97. The van der Waals surface area contributed by atoms with Crippen molar-refractivity contribution in [3.8, 4) is 0 Å². The van der Waals surface area contributed by atoms with E-state index in [0.717, 1.165) is 12.8 Å². The van der Waals surface area contributed by atoms with E-state index in [2.05, 4.69) is 5.32 Å². The van der Waals surface area contributed by atoms with E-state index in [-0.39, 0.29) is 12.7 Å². The van der Waals surface area contributed by atoms with Crippen molar-refractivity contribution in [2.75, 3.05) is 19.7 Å². The molecule has 0 radical (unpaired) electrons. The van der Waals surface area contributed by atoms with Crippen LogP contribution in [-0.2, 0) is 0 Å².